The summed E-state index contributed by atoms with van der Waals surface area (Å²) in [6.07, 6.45) is 13.9. The molecule has 0 saturated carbocycles. The molecular weight excluding hydrogens is 258 g/mol. The van der Waals surface area contributed by atoms with Crippen molar-refractivity contribution >= 4 is 0 Å². The van der Waals surface area contributed by atoms with E-state index in [2.05, 4.69) is 30.2 Å². The van der Waals surface area contributed by atoms with E-state index in [1.54, 1.807) is 6.08 Å². The van der Waals surface area contributed by atoms with Gasteiger partial charge in [0.1, 0.15) is 5.76 Å². The molecule has 0 amide bonds. The quantitative estimate of drug-likeness (QED) is 0.407. The first-order chi connectivity index (χ1) is 10.2. The summed E-state index contributed by atoms with van der Waals surface area (Å²) >= 11 is 0. The van der Waals surface area contributed by atoms with Crippen molar-refractivity contribution in [3.05, 3.63) is 47.2 Å². The van der Waals surface area contributed by atoms with Gasteiger partial charge in [0.15, 0.2) is 0 Å². The second kappa shape index (κ2) is 10.1. The molecule has 1 aromatic carbocycles. The van der Waals surface area contributed by atoms with Gasteiger partial charge in [-0.15, -0.1) is 12.3 Å². The third-order valence-electron chi connectivity index (χ3n) is 3.56. The largest absolute Gasteiger partial charge is 0.511 e. The lowest BCUT2D eigenvalue weighted by molar-refractivity contribution is 0.363. The van der Waals surface area contributed by atoms with Crippen LogP contribution in [0.4, 0.5) is 0 Å². The van der Waals surface area contributed by atoms with Gasteiger partial charge < -0.3 is 10.8 Å². The number of benzene rings is 1. The van der Waals surface area contributed by atoms with Crippen LogP contribution in [0.25, 0.3) is 0 Å². The summed E-state index contributed by atoms with van der Waals surface area (Å²) in [5, 5.41) is 9.74. The summed E-state index contributed by atoms with van der Waals surface area (Å²) in [5.74, 6) is 2.96. The van der Waals surface area contributed by atoms with E-state index in [1.807, 2.05) is 6.92 Å². The molecule has 0 aliphatic carbocycles. The Morgan fingerprint density at radius 2 is 1.90 bits per heavy atom. The molecule has 2 heteroatoms. The van der Waals surface area contributed by atoms with Gasteiger partial charge in [0.05, 0.1) is 6.04 Å². The van der Waals surface area contributed by atoms with Gasteiger partial charge in [-0.25, -0.2) is 0 Å². The summed E-state index contributed by atoms with van der Waals surface area (Å²) in [7, 11) is 0. The number of rotatable bonds is 9. The van der Waals surface area contributed by atoms with Crippen LogP contribution < -0.4 is 5.73 Å². The zero-order chi connectivity index (χ0) is 15.5. The maximum absolute atomic E-state index is 9.74. The number of aliphatic hydroxyl groups is 1. The number of nitrogens with two attached hydrogens (primary N) is 1. The number of aliphatic hydroxyl groups excluding tert-OH is 1. The Kier molecular flexibility index (Phi) is 8.31. The van der Waals surface area contributed by atoms with Crippen molar-refractivity contribution in [2.45, 2.75) is 57.9 Å². The number of unbranched alkanes of at least 4 members (excludes halogenated alkanes) is 3. The fraction of sp³-hybridized carbons (Fsp3) is 0.474. The van der Waals surface area contributed by atoms with Crippen LogP contribution in [0.1, 0.15) is 50.2 Å². The van der Waals surface area contributed by atoms with Gasteiger partial charge in [-0.3, -0.25) is 0 Å². The van der Waals surface area contributed by atoms with Crippen molar-refractivity contribution in [1.82, 2.24) is 0 Å². The van der Waals surface area contributed by atoms with Gasteiger partial charge in [0.25, 0.3) is 0 Å². The second-order valence-corrected chi connectivity index (χ2v) is 5.43. The molecule has 1 unspecified atom stereocenters. The average Bonchev–Trinajstić information content (AvgIpc) is 2.49. The summed E-state index contributed by atoms with van der Waals surface area (Å²) in [5.41, 5.74) is 8.48. The molecule has 0 aromatic heterocycles. The lowest BCUT2D eigenvalue weighted by atomic mass is 10.0. The van der Waals surface area contributed by atoms with E-state index >= 15 is 0 Å². The molecule has 2 nitrogen and oxygen atoms in total. The number of hydrogen-bond donors (Lipinski definition) is 2. The van der Waals surface area contributed by atoms with Gasteiger partial charge in [0, 0.05) is 6.42 Å². The summed E-state index contributed by atoms with van der Waals surface area (Å²) in [4.78, 5) is 0. The summed E-state index contributed by atoms with van der Waals surface area (Å²) in [6, 6.07) is 8.22. The Hall–Kier alpha value is -1.72. The third kappa shape index (κ3) is 7.02. The zero-order valence-corrected chi connectivity index (χ0v) is 13.0. The van der Waals surface area contributed by atoms with Crippen molar-refractivity contribution in [2.75, 3.05) is 0 Å². The predicted molar refractivity (Wildman–Crippen MR) is 90.1 cm³/mol. The average molecular weight is 285 g/mol. The fourth-order valence-electron chi connectivity index (χ4n) is 2.29. The molecular formula is C19H27NO. The van der Waals surface area contributed by atoms with Crippen LogP contribution in [0.15, 0.2) is 36.1 Å². The Labute approximate surface area is 129 Å². The van der Waals surface area contributed by atoms with Crippen LogP contribution >= 0.6 is 0 Å². The normalized spacial score (nSPS) is 12.9. The fourth-order valence-corrected chi connectivity index (χ4v) is 2.29. The van der Waals surface area contributed by atoms with Crippen LogP contribution in [0, 0.1) is 12.3 Å². The Bertz CT molecular complexity index is 467. The van der Waals surface area contributed by atoms with E-state index < -0.39 is 0 Å². The van der Waals surface area contributed by atoms with Crippen molar-refractivity contribution < 1.29 is 5.11 Å². The topological polar surface area (TPSA) is 46.2 Å². The van der Waals surface area contributed by atoms with Crippen LogP contribution in [0.3, 0.4) is 0 Å². The molecule has 0 heterocycles. The molecule has 0 aliphatic heterocycles. The molecule has 1 aromatic rings. The molecule has 0 spiro atoms. The number of allylic oxidation sites excluding steroid dienone is 1. The van der Waals surface area contributed by atoms with Crippen LogP contribution in [-0.4, -0.2) is 11.1 Å². The molecule has 0 bridgehead atoms. The Morgan fingerprint density at radius 1 is 1.24 bits per heavy atom. The SMILES string of the molecule is C#CCCCCCc1ccc(CC(N)/C(O)=C\CC)cc1. The van der Waals surface area contributed by atoms with E-state index in [0.717, 1.165) is 31.2 Å². The highest BCUT2D eigenvalue weighted by molar-refractivity contribution is 5.24. The van der Waals surface area contributed by atoms with E-state index in [1.165, 1.54) is 18.4 Å². The minimum atomic E-state index is -0.306. The van der Waals surface area contributed by atoms with Crippen molar-refractivity contribution in [1.29, 1.82) is 0 Å². The minimum Gasteiger partial charge on any atom is -0.511 e. The molecule has 1 atom stereocenters. The van der Waals surface area contributed by atoms with Crippen molar-refractivity contribution in [3.63, 3.8) is 0 Å². The first kappa shape index (κ1) is 17.3. The standard InChI is InChI=1S/C19H27NO/c1-3-5-6-7-8-10-16-11-13-17(14-12-16)15-18(20)19(21)9-4-2/h1,9,11-14,18,21H,4-8,10,15,20H2,2H3/b19-9+. The Balaban J connectivity index is 2.40. The van der Waals surface area contributed by atoms with E-state index in [4.69, 9.17) is 12.2 Å². The number of hydrogen-bond acceptors (Lipinski definition) is 2. The molecule has 0 radical (unpaired) electrons. The number of terminal acetylenes is 1. The van der Waals surface area contributed by atoms with Crippen molar-refractivity contribution in [2.24, 2.45) is 5.73 Å². The molecule has 0 aliphatic rings. The number of aryl methyl sites for hydroxylation is 1. The van der Waals surface area contributed by atoms with Crippen LogP contribution in [0.2, 0.25) is 0 Å². The van der Waals surface area contributed by atoms with Crippen LogP contribution in [0.5, 0.6) is 0 Å². The van der Waals surface area contributed by atoms with E-state index in [0.29, 0.717) is 6.42 Å². The van der Waals surface area contributed by atoms with Gasteiger partial charge in [-0.2, -0.15) is 0 Å². The molecule has 0 fully saturated rings. The maximum atomic E-state index is 9.74. The van der Waals surface area contributed by atoms with Gasteiger partial charge >= 0.3 is 0 Å². The smallest absolute Gasteiger partial charge is 0.105 e. The molecule has 0 saturated heterocycles. The first-order valence-electron chi connectivity index (χ1n) is 7.83. The maximum Gasteiger partial charge on any atom is 0.105 e. The summed E-state index contributed by atoms with van der Waals surface area (Å²) < 4.78 is 0. The third-order valence-corrected chi connectivity index (χ3v) is 3.56. The lowest BCUT2D eigenvalue weighted by Crippen LogP contribution is -2.25. The highest BCUT2D eigenvalue weighted by Gasteiger charge is 2.08. The minimum absolute atomic E-state index is 0.287. The first-order valence-corrected chi connectivity index (χ1v) is 7.83. The van der Waals surface area contributed by atoms with E-state index in [-0.39, 0.29) is 11.8 Å². The Morgan fingerprint density at radius 3 is 2.52 bits per heavy atom. The molecule has 3 N–H and O–H groups in total. The lowest BCUT2D eigenvalue weighted by Gasteiger charge is -2.11. The van der Waals surface area contributed by atoms with E-state index in [9.17, 15) is 5.11 Å². The monoisotopic (exact) mass is 285 g/mol. The second-order valence-electron chi connectivity index (χ2n) is 5.43. The highest BCUT2D eigenvalue weighted by atomic mass is 16.3. The molecule has 114 valence electrons. The molecule has 21 heavy (non-hydrogen) atoms. The zero-order valence-electron chi connectivity index (χ0n) is 13.0. The highest BCUT2D eigenvalue weighted by Crippen LogP contribution is 2.12. The predicted octanol–water partition coefficient (Wildman–Crippen LogP) is 4.14. The molecule has 1 rings (SSSR count). The van der Waals surface area contributed by atoms with Gasteiger partial charge in [-0.05, 0) is 49.3 Å². The van der Waals surface area contributed by atoms with Gasteiger partial charge in [-0.1, -0.05) is 37.6 Å². The van der Waals surface area contributed by atoms with Gasteiger partial charge in [0.2, 0.25) is 0 Å². The van der Waals surface area contributed by atoms with Crippen LogP contribution in [-0.2, 0) is 12.8 Å². The van der Waals surface area contributed by atoms with Crippen molar-refractivity contribution in [3.8, 4) is 12.3 Å². The summed E-state index contributed by atoms with van der Waals surface area (Å²) in [6.45, 7) is 1.99.